The summed E-state index contributed by atoms with van der Waals surface area (Å²) in [6, 6.07) is 64.2. The van der Waals surface area contributed by atoms with Crippen LogP contribution in [0, 0.1) is 29.6 Å². The van der Waals surface area contributed by atoms with Gasteiger partial charge in [0.15, 0.2) is 0 Å². The number of thiophene rings is 1. The van der Waals surface area contributed by atoms with E-state index in [2.05, 4.69) is 180 Å². The maximum absolute atomic E-state index is 7.04. The van der Waals surface area contributed by atoms with E-state index in [-0.39, 0.29) is 17.7 Å². The molecule has 9 aromatic carbocycles. The smallest absolute Gasteiger partial charge is 0.333 e. The molecule has 0 N–H and O–H groups in total. The molecule has 2 unspecified atom stereocenters. The summed E-state index contributed by atoms with van der Waals surface area (Å²) in [6.07, 6.45) is 16.5. The molecule has 12 aromatic rings. The van der Waals surface area contributed by atoms with Gasteiger partial charge in [-0.2, -0.15) is 0 Å². The Kier molecular flexibility index (Phi) is 8.45. The molecule has 5 heteroatoms. The third-order valence-electron chi connectivity index (χ3n) is 21.8. The van der Waals surface area contributed by atoms with E-state index in [0.29, 0.717) is 0 Å². The highest BCUT2D eigenvalue weighted by Crippen LogP contribution is 2.62. The van der Waals surface area contributed by atoms with Gasteiger partial charge in [-0.05, 0) is 221 Å². The number of hydrogen-bond donors (Lipinski definition) is 0. The van der Waals surface area contributed by atoms with Crippen molar-refractivity contribution in [3.8, 4) is 27.9 Å². The number of furan rings is 1. The summed E-state index contributed by atoms with van der Waals surface area (Å²) in [7, 11) is 0. The second kappa shape index (κ2) is 15.1. The second-order valence-corrected chi connectivity index (χ2v) is 26.8. The molecule has 6 saturated carbocycles. The van der Waals surface area contributed by atoms with E-state index in [1.54, 1.807) is 11.1 Å². The number of anilines is 2. The highest BCUT2D eigenvalue weighted by Gasteiger charge is 2.53. The van der Waals surface area contributed by atoms with Gasteiger partial charge in [-0.3, -0.25) is 0 Å². The van der Waals surface area contributed by atoms with Gasteiger partial charge in [0, 0.05) is 54.0 Å². The van der Waals surface area contributed by atoms with Crippen molar-refractivity contribution in [2.75, 3.05) is 4.81 Å². The Morgan fingerprint density at radius 1 is 0.571 bits per heavy atom. The molecular weight excluding hydrogens is 952 g/mol. The highest BCUT2D eigenvalue weighted by molar-refractivity contribution is 7.26. The third-order valence-corrected chi connectivity index (χ3v) is 23.0. The maximum Gasteiger partial charge on any atom is 0.333 e. The number of fused-ring (bicyclic) bond motifs is 18. The zero-order valence-electron chi connectivity index (χ0n) is 43.7. The minimum absolute atomic E-state index is 0.0790. The zero-order valence-corrected chi connectivity index (χ0v) is 44.6. The molecule has 6 aliphatic carbocycles. The van der Waals surface area contributed by atoms with Crippen molar-refractivity contribution < 1.29 is 4.42 Å². The van der Waals surface area contributed by atoms with Gasteiger partial charge < -0.3 is 13.8 Å². The lowest BCUT2D eigenvalue weighted by Crippen LogP contribution is -2.61. The summed E-state index contributed by atoms with van der Waals surface area (Å²) in [4.78, 5) is 2.79. The number of benzene rings is 9. The Bertz CT molecular complexity index is 4510. The molecule has 3 nitrogen and oxygen atoms in total. The Balaban J connectivity index is 0.973. The zero-order chi connectivity index (χ0) is 50.0. The second-order valence-electron chi connectivity index (χ2n) is 25.8. The lowest BCUT2D eigenvalue weighted by atomic mass is 9.42. The summed E-state index contributed by atoms with van der Waals surface area (Å²) in [6.45, 7) is 2.43. The summed E-state index contributed by atoms with van der Waals surface area (Å²) >= 11 is 2.00. The van der Waals surface area contributed by atoms with Crippen molar-refractivity contribution in [2.45, 2.75) is 94.8 Å². The number of hydrogen-bond acceptors (Lipinski definition) is 3. The summed E-state index contributed by atoms with van der Waals surface area (Å²) in [5.41, 5.74) is 20.2. The predicted octanol–water partition coefficient (Wildman–Crippen LogP) is 18.4. The first kappa shape index (κ1) is 43.0. The van der Waals surface area contributed by atoms with Crippen LogP contribution < -0.4 is 15.7 Å². The van der Waals surface area contributed by atoms with Crippen molar-refractivity contribution in [3.63, 3.8) is 0 Å². The largest absolute Gasteiger partial charge is 0.456 e. The van der Waals surface area contributed by atoms with Crippen molar-refractivity contribution in [1.29, 1.82) is 0 Å². The van der Waals surface area contributed by atoms with Gasteiger partial charge in [-0.1, -0.05) is 117 Å². The normalized spacial score (nSPS) is 25.6. The molecule has 77 heavy (non-hydrogen) atoms. The van der Waals surface area contributed by atoms with E-state index in [9.17, 15) is 0 Å². The van der Waals surface area contributed by atoms with Crippen molar-refractivity contribution in [1.82, 2.24) is 4.57 Å². The Labute approximate surface area is 453 Å². The molecule has 0 saturated heterocycles. The quantitative estimate of drug-likeness (QED) is 0.160. The molecule has 0 amide bonds. The van der Waals surface area contributed by atoms with Crippen LogP contribution in [0.5, 0.6) is 0 Å². The average molecular weight is 1010 g/mol. The minimum atomic E-state index is -0.0790. The molecule has 2 aliphatic heterocycles. The van der Waals surface area contributed by atoms with E-state index in [1.165, 1.54) is 191 Å². The lowest BCUT2D eigenvalue weighted by Gasteiger charge is -2.57. The van der Waals surface area contributed by atoms with Crippen LogP contribution >= 0.6 is 11.3 Å². The van der Waals surface area contributed by atoms with Crippen LogP contribution in [0.2, 0.25) is 0 Å². The van der Waals surface area contributed by atoms with Gasteiger partial charge in [0.25, 0.3) is 0 Å². The highest BCUT2D eigenvalue weighted by atomic mass is 32.1. The number of aromatic nitrogens is 1. The number of nitrogens with zero attached hydrogens (tertiary/aromatic N) is 2. The Morgan fingerprint density at radius 3 is 2.05 bits per heavy atom. The summed E-state index contributed by atoms with van der Waals surface area (Å²) < 4.78 is 12.6. The monoisotopic (exact) mass is 1010 g/mol. The Morgan fingerprint density at radius 2 is 1.27 bits per heavy atom. The first-order chi connectivity index (χ1) is 37.9. The molecule has 3 aromatic heterocycles. The van der Waals surface area contributed by atoms with Crippen molar-refractivity contribution >= 4 is 115 Å². The molecule has 6 fully saturated rings. The summed E-state index contributed by atoms with van der Waals surface area (Å²) in [5, 5.41) is 10.5. The van der Waals surface area contributed by atoms with Crippen LogP contribution in [-0.2, 0) is 10.8 Å². The van der Waals surface area contributed by atoms with E-state index in [4.69, 9.17) is 4.42 Å². The van der Waals surface area contributed by atoms with E-state index < -0.39 is 0 Å². The van der Waals surface area contributed by atoms with Crippen molar-refractivity contribution in [2.24, 2.45) is 29.6 Å². The first-order valence-electron chi connectivity index (χ1n) is 29.4. The van der Waals surface area contributed by atoms with Gasteiger partial charge in [0.2, 0.25) is 0 Å². The molecule has 5 heterocycles. The topological polar surface area (TPSA) is 21.3 Å². The molecule has 372 valence electrons. The van der Waals surface area contributed by atoms with E-state index in [1.807, 2.05) is 11.3 Å². The Hall–Kier alpha value is -7.08. The van der Waals surface area contributed by atoms with Crippen LogP contribution in [0.15, 0.2) is 168 Å². The fraction of sp³-hybridized carbons (Fsp3) is 0.278. The SMILES string of the molecule is CCC1(c2ccc3c(c2)c2cc(C45CC6CC(CC(C6)C4)C5)cc4c2n3-c2c3c(cc5c2sc2ccccc25)-c2c(ccc5oc6cc7ccccc7cc6c25)N(c2ccc(-c5ccccc5)cc2)B34)CC2CCC(C2)C1. The molecule has 0 radical (unpaired) electrons. The van der Waals surface area contributed by atoms with Gasteiger partial charge >= 0.3 is 6.85 Å². The molecule has 20 rings (SSSR count). The van der Waals surface area contributed by atoms with Crippen LogP contribution in [-0.4, -0.2) is 11.4 Å². The van der Waals surface area contributed by atoms with Crippen LogP contribution in [0.1, 0.15) is 95.1 Å². The van der Waals surface area contributed by atoms with Crippen molar-refractivity contribution in [3.05, 3.63) is 175 Å². The fourth-order valence-electron chi connectivity index (χ4n) is 19.1. The third kappa shape index (κ3) is 5.74. The van der Waals surface area contributed by atoms with Gasteiger partial charge in [0.1, 0.15) is 11.2 Å². The standard InChI is InChI=1S/C72H59BN2OS/c1-2-71(36-41-16-17-42(26-41)37-71)50-20-23-60-54(32-50)55-33-51(72-38-43-27-44(39-72)29-45(28-43)40-72)34-59-68(55)74(60)69-67-58(35-56-53-14-8-9-15-64(53)77-70(56)69)65-61(75(73(59)67)52-21-18-47(19-22-52)46-10-4-3-5-11-46)24-25-62-66(65)57-30-48-12-6-7-13-49(48)31-63(57)76-62/h3-15,18-25,30-35,41-45H,2,16-17,26-29,36-40H2,1H3. The molecule has 0 spiro atoms. The summed E-state index contributed by atoms with van der Waals surface area (Å²) in [5.74, 6) is 4.29. The first-order valence-corrected chi connectivity index (χ1v) is 30.2. The van der Waals surface area contributed by atoms with Crippen LogP contribution in [0.25, 0.3) is 103 Å². The lowest BCUT2D eigenvalue weighted by molar-refractivity contribution is -0.00509. The molecule has 6 bridgehead atoms. The average Bonchev–Trinajstić information content (AvgIpc) is 4.44. The van der Waals surface area contributed by atoms with Crippen LogP contribution in [0.3, 0.4) is 0 Å². The van der Waals surface area contributed by atoms with E-state index in [0.717, 1.165) is 40.8 Å². The van der Waals surface area contributed by atoms with Gasteiger partial charge in [-0.25, -0.2) is 0 Å². The predicted molar refractivity (Wildman–Crippen MR) is 325 cm³/mol. The molecule has 2 atom stereocenters. The van der Waals surface area contributed by atoms with Gasteiger partial charge in [-0.15, -0.1) is 11.3 Å². The minimum Gasteiger partial charge on any atom is -0.456 e. The maximum atomic E-state index is 7.04. The number of rotatable bonds is 5. The van der Waals surface area contributed by atoms with Gasteiger partial charge in [0.05, 0.1) is 21.4 Å². The van der Waals surface area contributed by atoms with E-state index >= 15 is 0 Å². The molecular formula is C72H59BN2OS. The van der Waals surface area contributed by atoms with Crippen LogP contribution in [0.4, 0.5) is 11.4 Å². The fourth-order valence-corrected chi connectivity index (χ4v) is 20.3. The molecule has 8 aliphatic rings.